The first-order chi connectivity index (χ1) is 9.05. The molecule has 0 amide bonds. The third kappa shape index (κ3) is 3.28. The molecule has 0 spiro atoms. The first-order valence-electron chi connectivity index (χ1n) is 7.42. The molecule has 2 bridgehead atoms. The average Bonchev–Trinajstić information content (AvgIpc) is 2.33. The number of sulfone groups is 1. The van der Waals surface area contributed by atoms with Crippen LogP contribution in [-0.4, -0.2) is 24.7 Å². The lowest BCUT2D eigenvalue weighted by Crippen LogP contribution is -2.45. The van der Waals surface area contributed by atoms with Crippen molar-refractivity contribution in [1.29, 1.82) is 0 Å². The number of fused-ring (bicyclic) bond motifs is 2. The molecule has 0 aromatic heterocycles. The molecular weight excluding hydrogens is 260 g/mol. The van der Waals surface area contributed by atoms with Gasteiger partial charge in [0.2, 0.25) is 0 Å². The number of carbonyl (C=O) groups excluding carboxylic acids is 1. The highest BCUT2D eigenvalue weighted by atomic mass is 32.2. The minimum absolute atomic E-state index is 0.00237. The fourth-order valence-electron chi connectivity index (χ4n) is 3.46. The van der Waals surface area contributed by atoms with Gasteiger partial charge in [0.1, 0.15) is 5.78 Å². The van der Waals surface area contributed by atoms with E-state index in [4.69, 9.17) is 0 Å². The Morgan fingerprint density at radius 2 is 1.79 bits per heavy atom. The van der Waals surface area contributed by atoms with E-state index < -0.39 is 9.84 Å². The lowest BCUT2D eigenvalue weighted by molar-refractivity contribution is -0.123. The fraction of sp³-hybridized carbons (Fsp3) is 0.800. The molecule has 2 fully saturated rings. The number of allylic oxidation sites excluding steroid dienone is 1. The summed E-state index contributed by atoms with van der Waals surface area (Å²) in [6, 6.07) is 0. The molecule has 4 heteroatoms. The molecular formula is C15H24O3S. The van der Waals surface area contributed by atoms with Crippen molar-refractivity contribution >= 4 is 15.6 Å². The van der Waals surface area contributed by atoms with Crippen LogP contribution < -0.4 is 0 Å². The van der Waals surface area contributed by atoms with Gasteiger partial charge in [-0.05, 0) is 44.9 Å². The number of rotatable bonds is 6. The van der Waals surface area contributed by atoms with E-state index in [2.05, 4.69) is 6.58 Å². The molecule has 2 aliphatic rings. The Balaban J connectivity index is 1.89. The van der Waals surface area contributed by atoms with Gasteiger partial charge in [0.25, 0.3) is 0 Å². The van der Waals surface area contributed by atoms with Crippen molar-refractivity contribution in [3.05, 3.63) is 12.7 Å². The van der Waals surface area contributed by atoms with E-state index in [0.717, 1.165) is 38.5 Å². The van der Waals surface area contributed by atoms with E-state index in [-0.39, 0.29) is 22.2 Å². The number of Topliss-reactive ketones (excluding diaryl/α,β-unsaturated/α-hetero) is 1. The average molecular weight is 284 g/mol. The molecule has 2 saturated heterocycles. The van der Waals surface area contributed by atoms with E-state index >= 15 is 0 Å². The summed E-state index contributed by atoms with van der Waals surface area (Å²) in [5, 5.41) is -0.468. The second-order valence-corrected chi connectivity index (χ2v) is 8.44. The zero-order valence-corrected chi connectivity index (χ0v) is 12.3. The number of ketones is 1. The molecule has 0 saturated carbocycles. The molecule has 2 rings (SSSR count). The monoisotopic (exact) mass is 284 g/mol. The smallest absolute Gasteiger partial charge is 0.156 e. The Labute approximate surface area is 116 Å². The summed E-state index contributed by atoms with van der Waals surface area (Å²) in [4.78, 5) is 12.2. The van der Waals surface area contributed by atoms with E-state index in [0.29, 0.717) is 19.3 Å². The van der Waals surface area contributed by atoms with Gasteiger partial charge < -0.3 is 0 Å². The normalized spacial score (nSPS) is 32.7. The van der Waals surface area contributed by atoms with Gasteiger partial charge in [-0.3, -0.25) is 4.79 Å². The van der Waals surface area contributed by atoms with Crippen molar-refractivity contribution in [2.24, 2.45) is 5.92 Å². The lowest BCUT2D eigenvalue weighted by Gasteiger charge is -2.38. The molecule has 19 heavy (non-hydrogen) atoms. The molecule has 2 heterocycles. The highest BCUT2D eigenvalue weighted by molar-refractivity contribution is 7.92. The molecule has 0 N–H and O–H groups in total. The molecule has 3 nitrogen and oxygen atoms in total. The van der Waals surface area contributed by atoms with Gasteiger partial charge in [-0.15, -0.1) is 6.58 Å². The van der Waals surface area contributed by atoms with Crippen LogP contribution in [0.4, 0.5) is 0 Å². The minimum Gasteiger partial charge on any atom is -0.299 e. The van der Waals surface area contributed by atoms with Crippen LogP contribution in [0, 0.1) is 5.92 Å². The predicted molar refractivity (Wildman–Crippen MR) is 76.7 cm³/mol. The van der Waals surface area contributed by atoms with Crippen molar-refractivity contribution < 1.29 is 13.2 Å². The summed E-state index contributed by atoms with van der Waals surface area (Å²) in [6.07, 6.45) is 9.05. The summed E-state index contributed by atoms with van der Waals surface area (Å²) in [7, 11) is -2.93. The van der Waals surface area contributed by atoms with Gasteiger partial charge >= 0.3 is 0 Å². The van der Waals surface area contributed by atoms with Gasteiger partial charge in [0, 0.05) is 12.3 Å². The van der Waals surface area contributed by atoms with Gasteiger partial charge in [-0.1, -0.05) is 12.5 Å². The zero-order chi connectivity index (χ0) is 13.9. The van der Waals surface area contributed by atoms with Crippen LogP contribution in [0.5, 0.6) is 0 Å². The van der Waals surface area contributed by atoms with E-state index in [1.807, 2.05) is 6.08 Å². The van der Waals surface area contributed by atoms with Gasteiger partial charge in [0.05, 0.1) is 10.5 Å². The molecule has 108 valence electrons. The van der Waals surface area contributed by atoms with Crippen LogP contribution >= 0.6 is 0 Å². The number of hydrogen-bond donors (Lipinski definition) is 0. The highest BCUT2D eigenvalue weighted by Gasteiger charge is 2.45. The SMILES string of the molecule is C=CCCCCC(=O)C1CC2CCCC(C1)S2(=O)=O. The molecule has 0 aliphatic carbocycles. The summed E-state index contributed by atoms with van der Waals surface area (Å²) in [5.74, 6) is 0.290. The van der Waals surface area contributed by atoms with Crippen LogP contribution in [0.15, 0.2) is 12.7 Å². The molecule has 2 atom stereocenters. The van der Waals surface area contributed by atoms with Crippen molar-refractivity contribution in [3.8, 4) is 0 Å². The summed E-state index contributed by atoms with van der Waals surface area (Å²) < 4.78 is 24.3. The minimum atomic E-state index is -2.93. The van der Waals surface area contributed by atoms with Crippen LogP contribution in [-0.2, 0) is 14.6 Å². The highest BCUT2D eigenvalue weighted by Crippen LogP contribution is 2.40. The predicted octanol–water partition coefficient (Wildman–Crippen LogP) is 3.05. The first kappa shape index (κ1) is 14.8. The van der Waals surface area contributed by atoms with E-state index in [9.17, 15) is 13.2 Å². The van der Waals surface area contributed by atoms with Crippen LogP contribution in [0.2, 0.25) is 0 Å². The Morgan fingerprint density at radius 1 is 1.16 bits per heavy atom. The van der Waals surface area contributed by atoms with Gasteiger partial charge in [-0.2, -0.15) is 0 Å². The standard InChI is InChI=1S/C15H24O3S/c1-2-3-4-5-9-15(16)12-10-13-7-6-8-14(11-12)19(13,17)18/h2,12-14H,1,3-11H2. The van der Waals surface area contributed by atoms with Crippen LogP contribution in [0.3, 0.4) is 0 Å². The Kier molecular flexibility index (Phi) is 4.82. The van der Waals surface area contributed by atoms with Crippen LogP contribution in [0.1, 0.15) is 57.8 Å². The molecule has 0 aromatic carbocycles. The van der Waals surface area contributed by atoms with E-state index in [1.54, 1.807) is 0 Å². The molecule has 0 radical (unpaired) electrons. The van der Waals surface area contributed by atoms with Gasteiger partial charge in [0.15, 0.2) is 9.84 Å². The molecule has 2 aliphatic heterocycles. The van der Waals surface area contributed by atoms with Crippen LogP contribution in [0.25, 0.3) is 0 Å². The van der Waals surface area contributed by atoms with E-state index in [1.165, 1.54) is 0 Å². The third-order valence-electron chi connectivity index (χ3n) is 4.61. The Bertz CT molecular complexity index is 418. The second kappa shape index (κ2) is 6.21. The summed E-state index contributed by atoms with van der Waals surface area (Å²) in [6.45, 7) is 3.67. The molecule has 0 aromatic rings. The largest absolute Gasteiger partial charge is 0.299 e. The van der Waals surface area contributed by atoms with Crippen molar-refractivity contribution in [1.82, 2.24) is 0 Å². The molecule has 2 unspecified atom stereocenters. The van der Waals surface area contributed by atoms with Crippen molar-refractivity contribution in [2.45, 2.75) is 68.3 Å². The summed E-state index contributed by atoms with van der Waals surface area (Å²) >= 11 is 0. The maximum absolute atomic E-state index is 12.2. The fourth-order valence-corrected chi connectivity index (χ4v) is 6.00. The first-order valence-corrected chi connectivity index (χ1v) is 9.03. The zero-order valence-electron chi connectivity index (χ0n) is 11.5. The Hall–Kier alpha value is -0.640. The maximum Gasteiger partial charge on any atom is 0.156 e. The lowest BCUT2D eigenvalue weighted by atomic mass is 9.85. The van der Waals surface area contributed by atoms with Gasteiger partial charge in [-0.25, -0.2) is 8.42 Å². The topological polar surface area (TPSA) is 51.2 Å². The quantitative estimate of drug-likeness (QED) is 0.556. The maximum atomic E-state index is 12.2. The number of hydrogen-bond acceptors (Lipinski definition) is 3. The summed E-state index contributed by atoms with van der Waals surface area (Å²) in [5.41, 5.74) is 0. The number of unbranched alkanes of at least 4 members (excludes halogenated alkanes) is 2. The van der Waals surface area contributed by atoms with Crippen molar-refractivity contribution in [3.63, 3.8) is 0 Å². The third-order valence-corrected chi connectivity index (χ3v) is 7.33. The second-order valence-electron chi connectivity index (χ2n) is 5.93. The Morgan fingerprint density at radius 3 is 2.37 bits per heavy atom. The van der Waals surface area contributed by atoms with Crippen molar-refractivity contribution in [2.75, 3.05) is 0 Å². The number of carbonyl (C=O) groups is 1.